The lowest BCUT2D eigenvalue weighted by Crippen LogP contribution is -2.26. The van der Waals surface area contributed by atoms with E-state index in [4.69, 9.17) is 17.2 Å². The van der Waals surface area contributed by atoms with Gasteiger partial charge in [0, 0.05) is 29.4 Å². The van der Waals surface area contributed by atoms with Gasteiger partial charge in [-0.1, -0.05) is 31.2 Å². The molecule has 40 heavy (non-hydrogen) atoms. The predicted octanol–water partition coefficient (Wildman–Crippen LogP) is 3.26. The molecule has 10 nitrogen and oxygen atoms in total. The van der Waals surface area contributed by atoms with E-state index < -0.39 is 23.6 Å². The third-order valence-electron chi connectivity index (χ3n) is 5.63. The molecule has 0 radical (unpaired) electrons. The molecule has 0 spiro atoms. The van der Waals surface area contributed by atoms with E-state index >= 15 is 0 Å². The van der Waals surface area contributed by atoms with Crippen LogP contribution in [-0.4, -0.2) is 34.3 Å². The lowest BCUT2D eigenvalue weighted by atomic mass is 10.0. The van der Waals surface area contributed by atoms with Gasteiger partial charge in [-0.15, -0.1) is 0 Å². The molecule has 0 saturated heterocycles. The number of halogens is 2. The smallest absolute Gasteiger partial charge is 0.215 e. The summed E-state index contributed by atoms with van der Waals surface area (Å²) >= 11 is 0. The molecule has 1 atom stereocenters. The molecule has 0 aliphatic rings. The van der Waals surface area contributed by atoms with Crippen molar-refractivity contribution in [1.82, 2.24) is 20.3 Å². The topological polar surface area (TPSA) is 182 Å². The highest BCUT2D eigenvalue weighted by molar-refractivity contribution is 6.10. The van der Waals surface area contributed by atoms with Crippen LogP contribution in [0.4, 0.5) is 20.4 Å². The highest BCUT2D eigenvalue weighted by Gasteiger charge is 2.19. The number of hydrogen-bond donors (Lipinski definition) is 5. The van der Waals surface area contributed by atoms with Gasteiger partial charge in [0.15, 0.2) is 28.8 Å². The first-order valence-corrected chi connectivity index (χ1v) is 12.2. The van der Waals surface area contributed by atoms with E-state index in [9.17, 15) is 18.8 Å². The highest BCUT2D eigenvalue weighted by Crippen LogP contribution is 2.25. The van der Waals surface area contributed by atoms with Crippen LogP contribution in [0.25, 0.3) is 11.1 Å². The Kier molecular flexibility index (Phi) is 10.3. The van der Waals surface area contributed by atoms with Gasteiger partial charge < -0.3 is 27.8 Å². The summed E-state index contributed by atoms with van der Waals surface area (Å²) in [6, 6.07) is 14.0. The normalized spacial score (nSPS) is 11.1. The van der Waals surface area contributed by atoms with Gasteiger partial charge >= 0.3 is 0 Å². The maximum atomic E-state index is 13.7. The van der Waals surface area contributed by atoms with Gasteiger partial charge in [0.25, 0.3) is 0 Å². The number of ketones is 1. The van der Waals surface area contributed by atoms with E-state index in [1.807, 2.05) is 43.3 Å². The summed E-state index contributed by atoms with van der Waals surface area (Å²) in [5, 5.41) is 15.1. The average Bonchev–Trinajstić information content (AvgIpc) is 2.97. The lowest BCUT2D eigenvalue weighted by molar-refractivity contribution is 0.103. The molecule has 0 amide bonds. The molecule has 4 aromatic rings. The van der Waals surface area contributed by atoms with Crippen LogP contribution in [-0.2, 0) is 6.54 Å². The zero-order valence-corrected chi connectivity index (χ0v) is 22.0. The van der Waals surface area contributed by atoms with Gasteiger partial charge in [-0.25, -0.2) is 23.7 Å². The first-order chi connectivity index (χ1) is 19.2. The van der Waals surface area contributed by atoms with Crippen LogP contribution in [0.15, 0.2) is 60.9 Å². The fourth-order valence-corrected chi connectivity index (χ4v) is 3.56. The summed E-state index contributed by atoms with van der Waals surface area (Å²) in [5.41, 5.74) is 19.7. The molecule has 1 unspecified atom stereocenters. The minimum absolute atomic E-state index is 0.0877. The van der Waals surface area contributed by atoms with E-state index in [0.717, 1.165) is 41.4 Å². The van der Waals surface area contributed by atoms with Crippen LogP contribution < -0.4 is 27.8 Å². The number of nitrogens with zero attached hydrogens (tertiary/aromatic N) is 4. The Hall–Kier alpha value is -4.83. The predicted molar refractivity (Wildman–Crippen MR) is 149 cm³/mol. The highest BCUT2D eigenvalue weighted by atomic mass is 19.2. The molecule has 0 aliphatic carbocycles. The van der Waals surface area contributed by atoms with E-state index in [2.05, 4.69) is 25.6 Å². The fourth-order valence-electron chi connectivity index (χ4n) is 3.56. The number of anilines is 2. The second-order valence-electron chi connectivity index (χ2n) is 8.45. The van der Waals surface area contributed by atoms with Crippen molar-refractivity contribution in [3.63, 3.8) is 0 Å². The van der Waals surface area contributed by atoms with E-state index in [1.54, 1.807) is 13.2 Å². The van der Waals surface area contributed by atoms with Gasteiger partial charge in [0.05, 0.1) is 12.4 Å². The molecule has 2 aromatic carbocycles. The first kappa shape index (κ1) is 29.7. The van der Waals surface area contributed by atoms with E-state index in [1.165, 1.54) is 6.20 Å². The summed E-state index contributed by atoms with van der Waals surface area (Å²) in [7, 11) is 1.73. The summed E-state index contributed by atoms with van der Waals surface area (Å²) in [6.07, 6.45) is 2.43. The van der Waals surface area contributed by atoms with Crippen LogP contribution in [0.5, 0.6) is 0 Å². The molecule has 206 valence electrons. The van der Waals surface area contributed by atoms with Gasteiger partial charge in [-0.2, -0.15) is 5.26 Å². The number of rotatable bonds is 8. The number of nitrogen functional groups attached to an aromatic ring is 1. The number of nitriles is 1. The van der Waals surface area contributed by atoms with Gasteiger partial charge in [0.1, 0.15) is 11.9 Å². The van der Waals surface area contributed by atoms with Crippen molar-refractivity contribution >= 4 is 17.4 Å². The molecule has 2 aromatic heterocycles. The second kappa shape index (κ2) is 13.8. The second-order valence-corrected chi connectivity index (χ2v) is 8.45. The van der Waals surface area contributed by atoms with Crippen LogP contribution in [0.3, 0.4) is 0 Å². The molecule has 2 heterocycles. The summed E-state index contributed by atoms with van der Waals surface area (Å²) < 4.78 is 27.0. The Labute approximate surface area is 230 Å². The number of nitrogens with two attached hydrogens (primary N) is 3. The third-order valence-corrected chi connectivity index (χ3v) is 5.63. The Morgan fingerprint density at radius 3 is 2.38 bits per heavy atom. The van der Waals surface area contributed by atoms with Gasteiger partial charge in [-0.3, -0.25) is 4.79 Å². The Morgan fingerprint density at radius 2 is 1.75 bits per heavy atom. The fraction of sp³-hybridized carbons (Fsp3) is 0.179. The molecule has 0 bridgehead atoms. The molecular weight excluding hydrogens is 516 g/mol. The quantitative estimate of drug-likeness (QED) is 0.163. The van der Waals surface area contributed by atoms with Crippen molar-refractivity contribution < 1.29 is 13.6 Å². The van der Waals surface area contributed by atoms with Crippen molar-refractivity contribution in [2.24, 2.45) is 11.5 Å². The summed E-state index contributed by atoms with van der Waals surface area (Å²) in [4.78, 5) is 25.4. The molecule has 0 fully saturated rings. The number of carbonyl (C=O) groups excluding carboxylic acids is 1. The zero-order valence-electron chi connectivity index (χ0n) is 22.0. The largest absolute Gasteiger partial charge is 0.383 e. The Bertz CT molecular complexity index is 1520. The SMILES string of the molecule is CCN.CNC(N)c1cc(-c2ccc(CNc3ncc(C#N)nc3C(=O)c3ccc(F)c(F)c3)cc2)cnc1N. The number of carbonyl (C=O) groups is 1. The maximum absolute atomic E-state index is 13.7. The number of hydrogen-bond acceptors (Lipinski definition) is 10. The van der Waals surface area contributed by atoms with Crippen molar-refractivity contribution in [2.75, 3.05) is 24.6 Å². The molecule has 12 heteroatoms. The Balaban J connectivity index is 0.00000141. The number of nitrogens with one attached hydrogen (secondary N) is 2. The van der Waals surface area contributed by atoms with Gasteiger partial charge in [-0.05, 0) is 49.0 Å². The van der Waals surface area contributed by atoms with Crippen LogP contribution in [0.1, 0.15) is 46.0 Å². The molecular formula is C28H29F2N9O. The van der Waals surface area contributed by atoms with Crippen molar-refractivity contribution in [2.45, 2.75) is 19.6 Å². The van der Waals surface area contributed by atoms with Crippen LogP contribution >= 0.6 is 0 Å². The number of benzene rings is 2. The number of aromatic nitrogens is 3. The summed E-state index contributed by atoms with van der Waals surface area (Å²) in [5.74, 6) is -2.49. The molecule has 8 N–H and O–H groups in total. The Morgan fingerprint density at radius 1 is 1.05 bits per heavy atom. The first-order valence-electron chi connectivity index (χ1n) is 12.2. The minimum Gasteiger partial charge on any atom is -0.383 e. The number of pyridine rings is 1. The van der Waals surface area contributed by atoms with Crippen molar-refractivity contribution in [1.29, 1.82) is 5.26 Å². The molecule has 0 aliphatic heterocycles. The lowest BCUT2D eigenvalue weighted by Gasteiger charge is -2.14. The van der Waals surface area contributed by atoms with Crippen LogP contribution in [0.2, 0.25) is 0 Å². The van der Waals surface area contributed by atoms with Crippen molar-refractivity contribution in [3.8, 4) is 17.2 Å². The third kappa shape index (κ3) is 7.17. The molecule has 0 saturated carbocycles. The minimum atomic E-state index is -1.17. The maximum Gasteiger partial charge on any atom is 0.215 e. The van der Waals surface area contributed by atoms with Crippen molar-refractivity contribution in [3.05, 3.63) is 101 Å². The standard InChI is InChI=1S/C26H22F2N8O.C2H7N/c1-32-24(30)19-8-17(12-33-25(19)31)15-4-2-14(3-5-15)11-34-26-22(36-18(10-29)13-35-26)23(37)16-6-7-20(27)21(28)9-16;1-2-3/h2-9,12-13,24,32H,11,30H2,1H3,(H2,31,33)(H,34,35);2-3H2,1H3. The average molecular weight is 546 g/mol. The van der Waals surface area contributed by atoms with Crippen LogP contribution in [0, 0.1) is 23.0 Å². The zero-order chi connectivity index (χ0) is 29.2. The monoisotopic (exact) mass is 545 g/mol. The van der Waals surface area contributed by atoms with E-state index in [-0.39, 0.29) is 29.3 Å². The molecule has 4 rings (SSSR count). The van der Waals surface area contributed by atoms with Gasteiger partial charge in [0.2, 0.25) is 5.78 Å². The summed E-state index contributed by atoms with van der Waals surface area (Å²) in [6.45, 7) is 2.93. The van der Waals surface area contributed by atoms with E-state index in [0.29, 0.717) is 11.4 Å².